The van der Waals surface area contributed by atoms with E-state index in [4.69, 9.17) is 4.74 Å². The van der Waals surface area contributed by atoms with Crippen molar-refractivity contribution >= 4 is 34.1 Å². The van der Waals surface area contributed by atoms with Gasteiger partial charge in [-0.1, -0.05) is 54.6 Å². The lowest BCUT2D eigenvalue weighted by molar-refractivity contribution is -0.133. The van der Waals surface area contributed by atoms with Crippen LogP contribution in [0.5, 0.6) is 5.75 Å². The van der Waals surface area contributed by atoms with E-state index in [2.05, 4.69) is 22.8 Å². The first-order chi connectivity index (χ1) is 18.7. The molecule has 0 unspecified atom stereocenters. The van der Waals surface area contributed by atoms with Crippen LogP contribution in [0.4, 0.5) is 0 Å². The number of halogens is 1. The lowest BCUT2D eigenvalue weighted by atomic mass is 9.85. The minimum Gasteiger partial charge on any atom is -0.496 e. The number of sulfone groups is 1. The molecule has 0 aliphatic carbocycles. The third kappa shape index (κ3) is 7.62. The molecule has 0 aromatic heterocycles. The number of carbonyl (C=O) groups excluding carboxylic acids is 2. The highest BCUT2D eigenvalue weighted by atomic mass is 35.5. The number of hydrogen-bond acceptors (Lipinski definition) is 6. The van der Waals surface area contributed by atoms with Crippen molar-refractivity contribution in [3.63, 3.8) is 0 Å². The smallest absolute Gasteiger partial charge is 0.241 e. The topological polar surface area (TPSA) is 105 Å². The molecule has 0 radical (unpaired) electrons. The van der Waals surface area contributed by atoms with E-state index in [0.717, 1.165) is 23.1 Å². The molecule has 2 atom stereocenters. The Hall–Kier alpha value is -3.40. The number of methoxy groups -OCH3 is 1. The van der Waals surface area contributed by atoms with Gasteiger partial charge in [0.1, 0.15) is 5.75 Å². The highest BCUT2D eigenvalue weighted by Gasteiger charge is 2.32. The van der Waals surface area contributed by atoms with Gasteiger partial charge in [0.2, 0.25) is 11.8 Å². The number of piperidine rings is 1. The first-order valence-electron chi connectivity index (χ1n) is 12.9. The third-order valence-electron chi connectivity index (χ3n) is 7.11. The van der Waals surface area contributed by atoms with E-state index in [-0.39, 0.29) is 47.6 Å². The van der Waals surface area contributed by atoms with Gasteiger partial charge in [0.05, 0.1) is 18.6 Å². The minimum atomic E-state index is -3.40. The Balaban J connectivity index is 0.00000441. The van der Waals surface area contributed by atoms with Gasteiger partial charge in [-0.3, -0.25) is 9.59 Å². The van der Waals surface area contributed by atoms with E-state index in [1.807, 2.05) is 53.4 Å². The zero-order valence-electron chi connectivity index (χ0n) is 22.9. The van der Waals surface area contributed by atoms with Crippen LogP contribution in [0.3, 0.4) is 0 Å². The Morgan fingerprint density at radius 2 is 1.73 bits per heavy atom. The summed E-state index contributed by atoms with van der Waals surface area (Å²) in [7, 11) is -1.78. The number of benzene rings is 3. The Kier molecular flexibility index (Phi) is 10.7. The number of ether oxygens (including phenoxy) is 1. The van der Waals surface area contributed by atoms with Crippen molar-refractivity contribution in [1.82, 2.24) is 15.5 Å². The van der Waals surface area contributed by atoms with Crippen molar-refractivity contribution in [1.29, 1.82) is 0 Å². The molecule has 1 aliphatic rings. The minimum absolute atomic E-state index is 0. The van der Waals surface area contributed by atoms with Gasteiger partial charge in [-0.15, -0.1) is 12.4 Å². The first kappa shape index (κ1) is 31.1. The highest BCUT2D eigenvalue weighted by molar-refractivity contribution is 7.90. The van der Waals surface area contributed by atoms with E-state index in [1.54, 1.807) is 19.2 Å². The molecule has 214 valence electrons. The summed E-state index contributed by atoms with van der Waals surface area (Å²) in [6, 6.07) is 22.9. The van der Waals surface area contributed by atoms with E-state index < -0.39 is 9.84 Å². The van der Waals surface area contributed by atoms with Crippen LogP contribution in [0.1, 0.15) is 30.4 Å². The van der Waals surface area contributed by atoms with Crippen molar-refractivity contribution in [2.45, 2.75) is 36.7 Å². The standard InChI is InChI=1S/C30H35N3O5S.ClH/c1-21(34)31-19-30(35)33-16-15-27(26(20-33)22-9-5-4-6-10-22)32-18-24-17-23(13-14-28(24)38-2)25-11-7-8-12-29(25)39(3,36)37;/h4-14,17,26-27,32H,15-16,18-20H2,1-3H3,(H,31,34);1H/t26-,27-;/m0./s1. The summed E-state index contributed by atoms with van der Waals surface area (Å²) < 4.78 is 30.4. The third-order valence-corrected chi connectivity index (χ3v) is 8.27. The van der Waals surface area contributed by atoms with E-state index in [0.29, 0.717) is 30.9 Å². The Labute approximate surface area is 242 Å². The van der Waals surface area contributed by atoms with Gasteiger partial charge in [-0.2, -0.15) is 0 Å². The number of nitrogens with zero attached hydrogens (tertiary/aromatic N) is 1. The maximum absolute atomic E-state index is 12.8. The van der Waals surface area contributed by atoms with E-state index in [1.165, 1.54) is 13.2 Å². The van der Waals surface area contributed by atoms with Crippen LogP contribution >= 0.6 is 12.4 Å². The Morgan fingerprint density at radius 1 is 1.02 bits per heavy atom. The molecule has 0 spiro atoms. The van der Waals surface area contributed by atoms with Gasteiger partial charge < -0.3 is 20.3 Å². The lowest BCUT2D eigenvalue weighted by Gasteiger charge is -2.39. The normalized spacial score (nSPS) is 17.0. The van der Waals surface area contributed by atoms with Crippen molar-refractivity contribution in [2.75, 3.05) is 33.0 Å². The molecule has 3 aromatic carbocycles. The number of amides is 2. The number of likely N-dealkylation sites (tertiary alicyclic amines) is 1. The largest absolute Gasteiger partial charge is 0.496 e. The Bertz CT molecular complexity index is 1430. The quantitative estimate of drug-likeness (QED) is 0.396. The molecular weight excluding hydrogens is 550 g/mol. The fourth-order valence-electron chi connectivity index (χ4n) is 5.13. The summed E-state index contributed by atoms with van der Waals surface area (Å²) in [5.74, 6) is 0.446. The molecule has 0 saturated carbocycles. The predicted molar refractivity (Wildman–Crippen MR) is 158 cm³/mol. The SMILES string of the molecule is COc1ccc(-c2ccccc2S(C)(=O)=O)cc1CN[C@H]1CCN(C(=O)CNC(C)=O)C[C@H]1c1ccccc1.Cl. The van der Waals surface area contributed by atoms with Gasteiger partial charge in [0, 0.05) is 55.9 Å². The van der Waals surface area contributed by atoms with Crippen molar-refractivity contribution < 1.29 is 22.7 Å². The van der Waals surface area contributed by atoms with E-state index in [9.17, 15) is 18.0 Å². The summed E-state index contributed by atoms with van der Waals surface area (Å²) in [6.45, 7) is 3.02. The van der Waals surface area contributed by atoms with Gasteiger partial charge in [-0.25, -0.2) is 8.42 Å². The predicted octanol–water partition coefficient (Wildman–Crippen LogP) is 3.80. The summed E-state index contributed by atoms with van der Waals surface area (Å²) in [6.07, 6.45) is 1.96. The van der Waals surface area contributed by atoms with Gasteiger partial charge in [0.15, 0.2) is 9.84 Å². The summed E-state index contributed by atoms with van der Waals surface area (Å²) in [5.41, 5.74) is 3.49. The van der Waals surface area contributed by atoms with Crippen LogP contribution in [-0.2, 0) is 26.0 Å². The fourth-order valence-corrected chi connectivity index (χ4v) is 6.04. The molecule has 2 N–H and O–H groups in total. The average Bonchev–Trinajstić information content (AvgIpc) is 2.94. The van der Waals surface area contributed by atoms with Gasteiger partial charge in [0.25, 0.3) is 0 Å². The summed E-state index contributed by atoms with van der Waals surface area (Å²) >= 11 is 0. The average molecular weight is 586 g/mol. The van der Waals surface area contributed by atoms with Crippen LogP contribution in [0, 0.1) is 0 Å². The first-order valence-corrected chi connectivity index (χ1v) is 14.8. The van der Waals surface area contributed by atoms with Crippen LogP contribution in [0.25, 0.3) is 11.1 Å². The van der Waals surface area contributed by atoms with Crippen LogP contribution in [0.2, 0.25) is 0 Å². The number of nitrogens with one attached hydrogen (secondary N) is 2. The monoisotopic (exact) mass is 585 g/mol. The highest BCUT2D eigenvalue weighted by Crippen LogP contribution is 2.32. The van der Waals surface area contributed by atoms with Gasteiger partial charge in [-0.05, 0) is 35.7 Å². The van der Waals surface area contributed by atoms with E-state index >= 15 is 0 Å². The van der Waals surface area contributed by atoms with Crippen molar-refractivity contribution in [3.05, 3.63) is 83.9 Å². The lowest BCUT2D eigenvalue weighted by Crippen LogP contribution is -2.51. The van der Waals surface area contributed by atoms with Crippen LogP contribution < -0.4 is 15.4 Å². The van der Waals surface area contributed by atoms with Crippen molar-refractivity contribution in [3.8, 4) is 16.9 Å². The molecule has 0 bridgehead atoms. The zero-order chi connectivity index (χ0) is 28.0. The fraction of sp³-hybridized carbons (Fsp3) is 0.333. The molecule has 8 nitrogen and oxygen atoms in total. The maximum Gasteiger partial charge on any atom is 0.241 e. The summed E-state index contributed by atoms with van der Waals surface area (Å²) in [4.78, 5) is 26.1. The summed E-state index contributed by atoms with van der Waals surface area (Å²) in [5, 5.41) is 6.29. The number of hydrogen-bond donors (Lipinski definition) is 2. The molecule has 4 rings (SSSR count). The molecule has 10 heteroatoms. The molecule has 2 amide bonds. The molecule has 1 fully saturated rings. The molecule has 3 aromatic rings. The van der Waals surface area contributed by atoms with Crippen LogP contribution in [-0.4, -0.2) is 64.2 Å². The molecule has 1 aliphatic heterocycles. The second kappa shape index (κ2) is 13.8. The molecule has 1 saturated heterocycles. The second-order valence-electron chi connectivity index (χ2n) is 9.84. The van der Waals surface area contributed by atoms with Crippen LogP contribution in [0.15, 0.2) is 77.7 Å². The zero-order valence-corrected chi connectivity index (χ0v) is 24.6. The molecule has 1 heterocycles. The Morgan fingerprint density at radius 3 is 2.40 bits per heavy atom. The number of carbonyl (C=O) groups is 2. The maximum atomic E-state index is 12.8. The second-order valence-corrected chi connectivity index (χ2v) is 11.8. The van der Waals surface area contributed by atoms with Gasteiger partial charge >= 0.3 is 0 Å². The number of rotatable bonds is 9. The molecular formula is C30H36ClN3O5S. The van der Waals surface area contributed by atoms with Crippen molar-refractivity contribution in [2.24, 2.45) is 0 Å². The molecule has 40 heavy (non-hydrogen) atoms.